The predicted octanol–water partition coefficient (Wildman–Crippen LogP) is 1.85. The van der Waals surface area contributed by atoms with Crippen LogP contribution in [0, 0.1) is 28.6 Å². The summed E-state index contributed by atoms with van der Waals surface area (Å²) in [5, 5.41) is 36.2. The van der Waals surface area contributed by atoms with Crippen molar-refractivity contribution < 1.29 is 24.9 Å². The molecule has 3 fully saturated rings. The molecule has 160 valence electrons. The van der Waals surface area contributed by atoms with E-state index in [2.05, 4.69) is 27.8 Å². The van der Waals surface area contributed by atoms with Crippen LogP contribution in [0.5, 0.6) is 0 Å². The molecular weight excluding hydrogens is 553 g/mol. The van der Waals surface area contributed by atoms with Crippen molar-refractivity contribution in [2.24, 2.45) is 28.6 Å². The lowest BCUT2D eigenvalue weighted by atomic mass is 9.60. The van der Waals surface area contributed by atoms with Crippen molar-refractivity contribution in [1.82, 2.24) is 5.32 Å². The van der Waals surface area contributed by atoms with E-state index >= 15 is 0 Å². The second-order valence-corrected chi connectivity index (χ2v) is 11.2. The van der Waals surface area contributed by atoms with Gasteiger partial charge in [0.25, 0.3) is 0 Å². The summed E-state index contributed by atoms with van der Waals surface area (Å²) in [6.45, 7) is 6.24. The molecule has 4 N–H and O–H groups in total. The van der Waals surface area contributed by atoms with Crippen LogP contribution in [0.2, 0.25) is 0 Å². The maximum atomic E-state index is 13.5. The Morgan fingerprint density at radius 2 is 2.10 bits per heavy atom. The zero-order valence-electron chi connectivity index (χ0n) is 16.3. The molecule has 8 heteroatoms. The number of carbonyl (C=O) groups is 2. The van der Waals surface area contributed by atoms with Gasteiger partial charge in [-0.2, -0.15) is 0 Å². The minimum Gasteiger partial charge on any atom is -0.389 e. The van der Waals surface area contributed by atoms with Crippen LogP contribution >= 0.6 is 38.5 Å². The van der Waals surface area contributed by atoms with Crippen LogP contribution in [-0.4, -0.2) is 54.7 Å². The Morgan fingerprint density at radius 1 is 1.41 bits per heavy atom. The van der Waals surface area contributed by atoms with Gasteiger partial charge < -0.3 is 20.6 Å². The van der Waals surface area contributed by atoms with Crippen molar-refractivity contribution in [3.63, 3.8) is 0 Å². The van der Waals surface area contributed by atoms with E-state index in [1.807, 2.05) is 0 Å². The van der Waals surface area contributed by atoms with Gasteiger partial charge in [0.15, 0.2) is 0 Å². The molecule has 1 unspecified atom stereocenters. The van der Waals surface area contributed by atoms with Gasteiger partial charge in [-0.1, -0.05) is 34.2 Å². The van der Waals surface area contributed by atoms with Crippen LogP contribution < -0.4 is 5.32 Å². The van der Waals surface area contributed by atoms with Crippen molar-refractivity contribution in [1.29, 1.82) is 0 Å². The molecule has 0 aromatic heterocycles. The quantitative estimate of drug-likeness (QED) is 0.176. The van der Waals surface area contributed by atoms with Gasteiger partial charge in [-0.25, -0.2) is 0 Å². The van der Waals surface area contributed by atoms with Crippen LogP contribution in [-0.2, 0) is 9.59 Å². The van der Waals surface area contributed by atoms with Gasteiger partial charge in [-0.3, -0.25) is 9.59 Å². The van der Waals surface area contributed by atoms with E-state index in [9.17, 15) is 24.9 Å². The average Bonchev–Trinajstić information content (AvgIpc) is 3.04. The molecule has 0 aliphatic heterocycles. The number of halogens is 2. The van der Waals surface area contributed by atoms with Gasteiger partial charge in [0.1, 0.15) is 0 Å². The number of nitrogens with one attached hydrogen (secondary N) is 1. The number of hydrogen-bond acceptors (Lipinski definition) is 5. The Morgan fingerprint density at radius 3 is 2.72 bits per heavy atom. The number of rotatable bonds is 4. The number of hydrogen-bond donors (Lipinski definition) is 4. The third-order valence-corrected chi connectivity index (χ3v) is 9.68. The highest BCUT2D eigenvalue weighted by atomic mass is 127. The minimum atomic E-state index is -1.29. The second kappa shape index (κ2) is 7.12. The summed E-state index contributed by atoms with van der Waals surface area (Å²) in [7, 11) is 0. The van der Waals surface area contributed by atoms with Crippen molar-refractivity contribution in [3.05, 3.63) is 23.8 Å². The Balaban J connectivity index is 1.91. The number of alkyl halides is 1. The first-order valence-corrected chi connectivity index (χ1v) is 12.2. The lowest BCUT2D eigenvalue weighted by Crippen LogP contribution is -2.56. The molecule has 0 radical (unpaired) electrons. The summed E-state index contributed by atoms with van der Waals surface area (Å²) in [5.74, 6) is -1.27. The van der Waals surface area contributed by atoms with E-state index in [1.165, 1.54) is 0 Å². The molecule has 4 aliphatic rings. The molecule has 1 spiro atoms. The van der Waals surface area contributed by atoms with E-state index in [1.54, 1.807) is 35.6 Å². The fourth-order valence-corrected chi connectivity index (χ4v) is 7.68. The molecular formula is C21H27BrINO5. The third kappa shape index (κ3) is 2.81. The predicted molar refractivity (Wildman–Crippen MR) is 119 cm³/mol. The molecule has 4 aliphatic carbocycles. The highest BCUT2D eigenvalue weighted by Crippen LogP contribution is 2.73. The van der Waals surface area contributed by atoms with Crippen molar-refractivity contribution in [3.8, 4) is 0 Å². The number of allylic oxidation sites excluding steroid dienone is 1. The van der Waals surface area contributed by atoms with Crippen molar-refractivity contribution in [2.75, 3.05) is 11.9 Å². The summed E-state index contributed by atoms with van der Waals surface area (Å²) in [6.07, 6.45) is 1.42. The molecule has 8 atom stereocenters. The largest absolute Gasteiger partial charge is 0.389 e. The van der Waals surface area contributed by atoms with Gasteiger partial charge in [-0.05, 0) is 49.5 Å². The maximum Gasteiger partial charge on any atom is 0.224 e. The van der Waals surface area contributed by atoms with Crippen LogP contribution in [0.3, 0.4) is 0 Å². The lowest BCUT2D eigenvalue weighted by molar-refractivity contribution is -0.145. The monoisotopic (exact) mass is 579 g/mol. The molecule has 29 heavy (non-hydrogen) atoms. The van der Waals surface area contributed by atoms with Gasteiger partial charge in [0.05, 0.1) is 29.1 Å². The first-order chi connectivity index (χ1) is 13.5. The van der Waals surface area contributed by atoms with Gasteiger partial charge in [0.2, 0.25) is 9.70 Å². The van der Waals surface area contributed by atoms with Gasteiger partial charge in [0, 0.05) is 40.4 Å². The van der Waals surface area contributed by atoms with Gasteiger partial charge in [-0.15, -0.1) is 0 Å². The summed E-state index contributed by atoms with van der Waals surface area (Å²) >= 11 is 5.02. The number of amides is 1. The summed E-state index contributed by atoms with van der Waals surface area (Å²) in [4.78, 5) is 26.3. The van der Waals surface area contributed by atoms with Crippen LogP contribution in [0.1, 0.15) is 32.6 Å². The lowest BCUT2D eigenvalue weighted by Gasteiger charge is -2.45. The molecule has 0 heterocycles. The Kier molecular flexibility index (Phi) is 5.38. The number of aliphatic hydroxyl groups excluding tert-OH is 2. The Labute approximate surface area is 192 Å². The van der Waals surface area contributed by atoms with Crippen LogP contribution in [0.4, 0.5) is 0 Å². The van der Waals surface area contributed by atoms with E-state index in [4.69, 9.17) is 0 Å². The van der Waals surface area contributed by atoms with E-state index in [0.29, 0.717) is 37.6 Å². The van der Waals surface area contributed by atoms with E-state index < -0.39 is 40.5 Å². The Bertz CT molecular complexity index is 817. The fourth-order valence-electron chi connectivity index (χ4n) is 6.82. The average molecular weight is 580 g/mol. The molecule has 0 aromatic carbocycles. The molecule has 1 amide bonds. The van der Waals surface area contributed by atoms with Gasteiger partial charge >= 0.3 is 0 Å². The fraction of sp³-hybridized carbons (Fsp3) is 0.714. The summed E-state index contributed by atoms with van der Waals surface area (Å²) in [6, 6.07) is 0. The molecule has 0 aromatic rings. The van der Waals surface area contributed by atoms with Crippen LogP contribution in [0.25, 0.3) is 0 Å². The first-order valence-electron chi connectivity index (χ1n) is 10.0. The molecule has 3 saturated carbocycles. The molecule has 4 rings (SSSR count). The SMILES string of the molecule is C=C1C[C@]23C[C@@]1(O)CC[C@H]2C1=C[C@@H](O)[C@H](O)[C@@](C)(C(=O)I)C1[C@@H]3C(=O)NCCBr. The highest BCUT2D eigenvalue weighted by Gasteiger charge is 2.73. The standard InChI is InChI=1S/C21H27BrINO5/c1-10-8-20-9-21(10,29)4-3-12(20)11-7-13(25)16(26)19(2,18(23)28)14(11)15(20)17(27)24-6-5-22/h7,12-16,25-26,29H,1,3-6,8-9H2,2H3,(H,24,27)/t12-,13+,14?,15+,16-,19-,20-,21-/m0/s1. The highest BCUT2D eigenvalue weighted by molar-refractivity contribution is 14.1. The zero-order chi connectivity index (χ0) is 21.4. The van der Waals surface area contributed by atoms with Crippen LogP contribution in [0.15, 0.2) is 23.8 Å². The third-order valence-electron chi connectivity index (χ3n) is 8.12. The molecule has 0 saturated heterocycles. The smallest absolute Gasteiger partial charge is 0.224 e. The number of aliphatic hydroxyl groups is 3. The topological polar surface area (TPSA) is 107 Å². The molecule has 6 nitrogen and oxygen atoms in total. The molecule has 2 bridgehead atoms. The van der Waals surface area contributed by atoms with Crippen molar-refractivity contribution in [2.45, 2.75) is 50.4 Å². The summed E-state index contributed by atoms with van der Waals surface area (Å²) in [5.41, 5.74) is -1.17. The van der Waals surface area contributed by atoms with Crippen molar-refractivity contribution >= 4 is 48.2 Å². The van der Waals surface area contributed by atoms with E-state index in [-0.39, 0.29) is 15.6 Å². The minimum absolute atomic E-state index is 0.0241. The zero-order valence-corrected chi connectivity index (χ0v) is 20.1. The maximum absolute atomic E-state index is 13.5. The second-order valence-electron chi connectivity index (χ2n) is 9.41. The Hall–Kier alpha value is -0.290. The summed E-state index contributed by atoms with van der Waals surface area (Å²) < 4.78 is -0.266. The number of fused-ring (bicyclic) bond motifs is 3. The first kappa shape index (κ1) is 21.9. The normalized spacial score (nSPS) is 48.0. The van der Waals surface area contributed by atoms with E-state index in [0.717, 1.165) is 11.1 Å². The number of carbonyl (C=O) groups excluding carboxylic acids is 2.